The van der Waals surface area contributed by atoms with Gasteiger partial charge in [0.25, 0.3) is 0 Å². The predicted octanol–water partition coefficient (Wildman–Crippen LogP) is 0.910. The number of esters is 1. The van der Waals surface area contributed by atoms with E-state index >= 15 is 0 Å². The van der Waals surface area contributed by atoms with E-state index in [0.717, 1.165) is 37.3 Å². The summed E-state index contributed by atoms with van der Waals surface area (Å²) >= 11 is 3.36. The van der Waals surface area contributed by atoms with Crippen molar-refractivity contribution in [3.05, 3.63) is 34.3 Å². The van der Waals surface area contributed by atoms with Crippen LogP contribution in [0.25, 0.3) is 0 Å². The zero-order chi connectivity index (χ0) is 13.7. The van der Waals surface area contributed by atoms with Gasteiger partial charge in [-0.25, -0.2) is 4.79 Å². The van der Waals surface area contributed by atoms with Gasteiger partial charge in [0.15, 0.2) is 0 Å². The third-order valence-corrected chi connectivity index (χ3v) is 3.87. The fourth-order valence-corrected chi connectivity index (χ4v) is 2.63. The summed E-state index contributed by atoms with van der Waals surface area (Å²) in [6, 6.07) is 7.32. The monoisotopic (exact) mass is 328 g/mol. The second-order valence-electron chi connectivity index (χ2n) is 4.76. The number of benzene rings is 1. The van der Waals surface area contributed by atoms with Crippen LogP contribution in [-0.4, -0.2) is 44.9 Å². The minimum absolute atomic E-state index is 0.0901. The number of halogens is 1. The lowest BCUT2D eigenvalue weighted by atomic mass is 10.2. The zero-order valence-corrected chi connectivity index (χ0v) is 12.6. The minimum Gasteiger partial charge on any atom is -0.453 e. The summed E-state index contributed by atoms with van der Waals surface area (Å²) in [7, 11) is 0. The smallest absolute Gasteiger partial charge is 0.339 e. The largest absolute Gasteiger partial charge is 0.453 e. The number of rotatable bonds is 4. The van der Waals surface area contributed by atoms with Gasteiger partial charge in [-0.3, -0.25) is 0 Å². The van der Waals surface area contributed by atoms with Crippen LogP contribution in [0.15, 0.2) is 28.7 Å². The average molecular weight is 329 g/mol. The molecule has 1 heterocycles. The van der Waals surface area contributed by atoms with Gasteiger partial charge in [-0.2, -0.15) is 0 Å². The molecule has 104 valence electrons. The molecule has 1 atom stereocenters. The van der Waals surface area contributed by atoms with E-state index in [1.165, 1.54) is 4.90 Å². The molecule has 0 amide bonds. The fourth-order valence-electron chi connectivity index (χ4n) is 2.19. The molecule has 5 heteroatoms. The van der Waals surface area contributed by atoms with Crippen molar-refractivity contribution in [2.45, 2.75) is 13.0 Å². The minimum atomic E-state index is -0.271. The Labute approximate surface area is 121 Å². The number of hydrogen-bond donors (Lipinski definition) is 1. The number of carbonyl (C=O) groups excluding carboxylic acids is 1. The Bertz CT molecular complexity index is 432. The normalized spacial score (nSPS) is 18.0. The first-order valence-corrected chi connectivity index (χ1v) is 7.33. The van der Waals surface area contributed by atoms with Crippen molar-refractivity contribution in [2.75, 3.05) is 32.8 Å². The molecule has 0 radical (unpaired) electrons. The van der Waals surface area contributed by atoms with Crippen molar-refractivity contribution in [1.82, 2.24) is 0 Å². The second kappa shape index (κ2) is 7.03. The van der Waals surface area contributed by atoms with Crippen LogP contribution in [-0.2, 0) is 9.47 Å². The standard InChI is InChI=1S/C14H18BrNO3/c1-11(10-16-6-8-18-9-7-16)19-14(17)12-4-2-3-5-13(12)15/h2-5,11H,6-10H2,1H3/p+1. The van der Waals surface area contributed by atoms with Crippen molar-refractivity contribution in [2.24, 2.45) is 0 Å². The fraction of sp³-hybridized carbons (Fsp3) is 0.500. The number of carbonyl (C=O) groups is 1. The first-order valence-electron chi connectivity index (χ1n) is 6.53. The molecule has 0 aromatic heterocycles. The summed E-state index contributed by atoms with van der Waals surface area (Å²) < 4.78 is 11.6. The number of morpholine rings is 1. The Morgan fingerprint density at radius 1 is 1.42 bits per heavy atom. The van der Waals surface area contributed by atoms with Crippen molar-refractivity contribution in [1.29, 1.82) is 0 Å². The average Bonchev–Trinajstić information content (AvgIpc) is 2.40. The maximum absolute atomic E-state index is 12.0. The summed E-state index contributed by atoms with van der Waals surface area (Å²) in [5.41, 5.74) is 0.575. The molecule has 2 rings (SSSR count). The van der Waals surface area contributed by atoms with Crippen molar-refractivity contribution in [3.63, 3.8) is 0 Å². The molecule has 4 nitrogen and oxygen atoms in total. The van der Waals surface area contributed by atoms with Crippen molar-refractivity contribution >= 4 is 21.9 Å². The quantitative estimate of drug-likeness (QED) is 0.835. The first-order chi connectivity index (χ1) is 9.16. The van der Waals surface area contributed by atoms with Crippen LogP contribution in [0.5, 0.6) is 0 Å². The van der Waals surface area contributed by atoms with Gasteiger partial charge in [-0.05, 0) is 35.0 Å². The van der Waals surface area contributed by atoms with Crippen LogP contribution in [0.4, 0.5) is 0 Å². The SMILES string of the molecule is CC(C[NH+]1CCOCC1)OC(=O)c1ccccc1Br. The van der Waals surface area contributed by atoms with Gasteiger partial charge in [-0.1, -0.05) is 12.1 Å². The number of nitrogens with one attached hydrogen (secondary N) is 1. The van der Waals surface area contributed by atoms with Crippen LogP contribution in [0.3, 0.4) is 0 Å². The van der Waals surface area contributed by atoms with Crippen LogP contribution in [0.2, 0.25) is 0 Å². The van der Waals surface area contributed by atoms with Gasteiger partial charge < -0.3 is 14.4 Å². The lowest BCUT2D eigenvalue weighted by Gasteiger charge is -2.26. The Morgan fingerprint density at radius 2 is 2.11 bits per heavy atom. The molecule has 1 aliphatic heterocycles. The number of ether oxygens (including phenoxy) is 2. The van der Waals surface area contributed by atoms with E-state index in [1.54, 1.807) is 6.07 Å². The van der Waals surface area contributed by atoms with E-state index in [4.69, 9.17) is 9.47 Å². The highest BCUT2D eigenvalue weighted by Gasteiger charge is 2.20. The van der Waals surface area contributed by atoms with Gasteiger partial charge >= 0.3 is 5.97 Å². The summed E-state index contributed by atoms with van der Waals surface area (Å²) in [5, 5.41) is 0. The topological polar surface area (TPSA) is 40.0 Å². The van der Waals surface area contributed by atoms with Gasteiger partial charge in [0, 0.05) is 4.47 Å². The molecule has 1 saturated heterocycles. The van der Waals surface area contributed by atoms with Crippen LogP contribution in [0.1, 0.15) is 17.3 Å². The van der Waals surface area contributed by atoms with E-state index in [0.29, 0.717) is 5.56 Å². The molecule has 0 aliphatic carbocycles. The molecular weight excluding hydrogens is 310 g/mol. The second-order valence-corrected chi connectivity index (χ2v) is 5.62. The molecule has 1 aromatic carbocycles. The third-order valence-electron chi connectivity index (χ3n) is 3.18. The van der Waals surface area contributed by atoms with E-state index in [9.17, 15) is 4.79 Å². The summed E-state index contributed by atoms with van der Waals surface area (Å²) in [6.07, 6.45) is -0.0901. The number of hydrogen-bond acceptors (Lipinski definition) is 3. The van der Waals surface area contributed by atoms with Gasteiger partial charge in [0.1, 0.15) is 25.7 Å². The Balaban J connectivity index is 1.86. The summed E-state index contributed by atoms with van der Waals surface area (Å²) in [4.78, 5) is 13.5. The maximum atomic E-state index is 12.0. The molecule has 0 spiro atoms. The molecule has 0 saturated carbocycles. The molecule has 1 aliphatic rings. The van der Waals surface area contributed by atoms with Gasteiger partial charge in [-0.15, -0.1) is 0 Å². The Kier molecular flexibility index (Phi) is 5.36. The molecule has 0 bridgehead atoms. The molecule has 1 aromatic rings. The van der Waals surface area contributed by atoms with Crippen LogP contribution >= 0.6 is 15.9 Å². The molecule has 19 heavy (non-hydrogen) atoms. The van der Waals surface area contributed by atoms with Gasteiger partial charge in [0.05, 0.1) is 18.8 Å². The van der Waals surface area contributed by atoms with Gasteiger partial charge in [0.2, 0.25) is 0 Å². The first kappa shape index (κ1) is 14.5. The van der Waals surface area contributed by atoms with E-state index < -0.39 is 0 Å². The molecular formula is C14H19BrNO3+. The highest BCUT2D eigenvalue weighted by Crippen LogP contribution is 2.17. The van der Waals surface area contributed by atoms with Crippen molar-refractivity contribution < 1.29 is 19.2 Å². The number of quaternary nitrogens is 1. The van der Waals surface area contributed by atoms with E-state index in [-0.39, 0.29) is 12.1 Å². The molecule has 1 N–H and O–H groups in total. The van der Waals surface area contributed by atoms with E-state index in [1.807, 2.05) is 25.1 Å². The highest BCUT2D eigenvalue weighted by molar-refractivity contribution is 9.10. The Hall–Kier alpha value is -0.910. The molecule has 1 fully saturated rings. The molecule has 1 unspecified atom stereocenters. The highest BCUT2D eigenvalue weighted by atomic mass is 79.9. The lowest BCUT2D eigenvalue weighted by molar-refractivity contribution is -0.910. The zero-order valence-electron chi connectivity index (χ0n) is 11.0. The maximum Gasteiger partial charge on any atom is 0.339 e. The van der Waals surface area contributed by atoms with Crippen molar-refractivity contribution in [3.8, 4) is 0 Å². The summed E-state index contributed by atoms with van der Waals surface area (Å²) in [6.45, 7) is 6.32. The van der Waals surface area contributed by atoms with Crippen LogP contribution in [0, 0.1) is 0 Å². The third kappa shape index (κ3) is 4.30. The van der Waals surface area contributed by atoms with E-state index in [2.05, 4.69) is 15.9 Å². The van der Waals surface area contributed by atoms with Crippen LogP contribution < -0.4 is 4.90 Å². The lowest BCUT2D eigenvalue weighted by Crippen LogP contribution is -3.15. The summed E-state index contributed by atoms with van der Waals surface area (Å²) in [5.74, 6) is -0.271. The predicted molar refractivity (Wildman–Crippen MR) is 75.4 cm³/mol. The Morgan fingerprint density at radius 3 is 2.79 bits per heavy atom.